The summed E-state index contributed by atoms with van der Waals surface area (Å²) in [6.45, 7) is 11.2. The minimum absolute atomic E-state index is 0.369. The molecule has 3 aliphatic rings. The quantitative estimate of drug-likeness (QED) is 0.158. The number of allylic oxidation sites excluding steroid dienone is 10. The molecule has 1 saturated carbocycles. The lowest BCUT2D eigenvalue weighted by molar-refractivity contribution is 0.252. The average molecular weight is 611 g/mol. The van der Waals surface area contributed by atoms with Gasteiger partial charge in [-0.1, -0.05) is 135 Å². The van der Waals surface area contributed by atoms with Gasteiger partial charge in [0, 0.05) is 23.5 Å². The molecular formula is C47H46. The fraction of sp³-hybridized carbons (Fsp3) is 0.277. The lowest BCUT2D eigenvalue weighted by Gasteiger charge is -2.36. The van der Waals surface area contributed by atoms with Crippen LogP contribution in [0.25, 0.3) is 11.1 Å². The van der Waals surface area contributed by atoms with Crippen LogP contribution in [0.1, 0.15) is 84.7 Å². The van der Waals surface area contributed by atoms with Crippen molar-refractivity contribution in [3.8, 4) is 24.7 Å². The van der Waals surface area contributed by atoms with Crippen molar-refractivity contribution in [2.45, 2.75) is 64.2 Å². The number of terminal acetylenes is 2. The summed E-state index contributed by atoms with van der Waals surface area (Å²) in [5.41, 5.74) is 13.6. The van der Waals surface area contributed by atoms with E-state index in [2.05, 4.69) is 122 Å². The van der Waals surface area contributed by atoms with E-state index in [4.69, 9.17) is 19.4 Å². The summed E-state index contributed by atoms with van der Waals surface area (Å²) in [6, 6.07) is 26.8. The molecule has 0 saturated heterocycles. The fourth-order valence-electron chi connectivity index (χ4n) is 7.74. The number of hydrogen-bond acceptors (Lipinski definition) is 0. The summed E-state index contributed by atoms with van der Waals surface area (Å²) in [5.74, 6) is 7.73. The lowest BCUT2D eigenvalue weighted by atomic mass is 9.69. The molecule has 0 heteroatoms. The number of benzene rings is 3. The minimum Gasteiger partial charge on any atom is -0.115 e. The smallest absolute Gasteiger partial charge is 0.0318 e. The Morgan fingerprint density at radius 1 is 0.894 bits per heavy atom. The first-order chi connectivity index (χ1) is 22.9. The predicted octanol–water partition coefficient (Wildman–Crippen LogP) is 11.5. The first-order valence-corrected chi connectivity index (χ1v) is 17.3. The molecule has 3 aromatic rings. The van der Waals surface area contributed by atoms with Gasteiger partial charge in [-0.15, -0.1) is 12.8 Å². The van der Waals surface area contributed by atoms with Gasteiger partial charge in [0.1, 0.15) is 0 Å². The zero-order chi connectivity index (χ0) is 32.8. The third-order valence-corrected chi connectivity index (χ3v) is 10.6. The number of rotatable bonds is 10. The van der Waals surface area contributed by atoms with Crippen LogP contribution in [-0.2, 0) is 12.8 Å². The summed E-state index contributed by atoms with van der Waals surface area (Å²) < 4.78 is 0. The van der Waals surface area contributed by atoms with Crippen LogP contribution in [0.2, 0.25) is 0 Å². The van der Waals surface area contributed by atoms with E-state index in [1.807, 2.05) is 6.08 Å². The van der Waals surface area contributed by atoms with E-state index in [1.54, 1.807) is 0 Å². The molecule has 2 atom stereocenters. The van der Waals surface area contributed by atoms with Crippen molar-refractivity contribution in [2.24, 2.45) is 17.8 Å². The second-order valence-electron chi connectivity index (χ2n) is 13.8. The Balaban J connectivity index is 1.16. The zero-order valence-corrected chi connectivity index (χ0v) is 27.9. The van der Waals surface area contributed by atoms with Gasteiger partial charge in [-0.25, -0.2) is 0 Å². The molecule has 0 aliphatic heterocycles. The molecule has 1 fully saturated rings. The fourth-order valence-corrected chi connectivity index (χ4v) is 7.74. The molecule has 0 aromatic heterocycles. The summed E-state index contributed by atoms with van der Waals surface area (Å²) in [5, 5.41) is 0. The van der Waals surface area contributed by atoms with E-state index >= 15 is 0 Å². The second kappa shape index (κ2) is 14.8. The molecule has 3 aromatic carbocycles. The standard InChI is InChI=1S/C47H46/c1-6-36-16-24-45(31-36)46-32-39(19-21-40(46)7-2)30-38-17-22-42(23-18-38)47(34(4)13-15-37-11-9-8-10-12-37)43-27-25-41(26-28-43)44-20-14-33(3)35(5)29-44/h1-2,8-12,14,16,19-21,24-29,32-33,38,42,47H,4-5,13,15,17-18,22-23,30-31H2,3H3. The van der Waals surface area contributed by atoms with Crippen LogP contribution >= 0.6 is 0 Å². The Bertz CT molecular complexity index is 1830. The summed E-state index contributed by atoms with van der Waals surface area (Å²) in [7, 11) is 0. The highest BCUT2D eigenvalue weighted by atomic mass is 14.4. The van der Waals surface area contributed by atoms with Gasteiger partial charge in [0.15, 0.2) is 0 Å². The third kappa shape index (κ3) is 7.62. The van der Waals surface area contributed by atoms with Crippen LogP contribution in [-0.4, -0.2) is 0 Å². The molecule has 2 unspecified atom stereocenters. The van der Waals surface area contributed by atoms with Crippen molar-refractivity contribution in [1.29, 1.82) is 0 Å². The van der Waals surface area contributed by atoms with Crippen LogP contribution in [0.5, 0.6) is 0 Å². The Morgan fingerprint density at radius 3 is 2.34 bits per heavy atom. The Kier molecular flexibility index (Phi) is 10.1. The molecular weight excluding hydrogens is 565 g/mol. The van der Waals surface area contributed by atoms with E-state index in [0.717, 1.165) is 42.4 Å². The molecule has 47 heavy (non-hydrogen) atoms. The molecule has 6 rings (SSSR count). The summed E-state index contributed by atoms with van der Waals surface area (Å²) in [6.07, 6.45) is 31.3. The molecule has 0 N–H and O–H groups in total. The van der Waals surface area contributed by atoms with Crippen molar-refractivity contribution in [2.75, 3.05) is 0 Å². The van der Waals surface area contributed by atoms with E-state index < -0.39 is 0 Å². The van der Waals surface area contributed by atoms with E-state index in [1.165, 1.54) is 70.2 Å². The van der Waals surface area contributed by atoms with E-state index in [9.17, 15) is 0 Å². The summed E-state index contributed by atoms with van der Waals surface area (Å²) >= 11 is 0. The molecule has 0 spiro atoms. The Morgan fingerprint density at radius 2 is 1.66 bits per heavy atom. The molecule has 0 heterocycles. The molecule has 234 valence electrons. The normalized spacial score (nSPS) is 21.2. The van der Waals surface area contributed by atoms with Gasteiger partial charge in [-0.2, -0.15) is 0 Å². The van der Waals surface area contributed by atoms with Gasteiger partial charge in [0.25, 0.3) is 0 Å². The minimum atomic E-state index is 0.369. The van der Waals surface area contributed by atoms with Crippen LogP contribution in [0.3, 0.4) is 0 Å². The zero-order valence-electron chi connectivity index (χ0n) is 27.9. The molecule has 0 amide bonds. The lowest BCUT2D eigenvalue weighted by Crippen LogP contribution is -2.23. The van der Waals surface area contributed by atoms with Crippen molar-refractivity contribution < 1.29 is 0 Å². The maximum atomic E-state index is 5.90. The molecule has 0 nitrogen and oxygen atoms in total. The van der Waals surface area contributed by atoms with Gasteiger partial charge in [-0.3, -0.25) is 0 Å². The number of aryl methyl sites for hydroxylation is 1. The second-order valence-corrected chi connectivity index (χ2v) is 13.8. The predicted molar refractivity (Wildman–Crippen MR) is 202 cm³/mol. The van der Waals surface area contributed by atoms with Crippen LogP contribution < -0.4 is 0 Å². The highest BCUT2D eigenvalue weighted by molar-refractivity contribution is 5.79. The first kappa shape index (κ1) is 32.2. The Hall–Kier alpha value is -4.78. The molecule has 3 aliphatic carbocycles. The van der Waals surface area contributed by atoms with Crippen LogP contribution in [0, 0.1) is 42.4 Å². The average Bonchev–Trinajstić information content (AvgIpc) is 3.60. The SMILES string of the molecule is C#CC1=CC=C(c2cc(CC3CCC(C(C(=C)CCc4ccccc4)c4ccc(C5=CC(=C)C(C)C=C5)cc4)CC3)ccc2C#C)C1. The highest BCUT2D eigenvalue weighted by Crippen LogP contribution is 2.44. The Labute approximate surface area is 283 Å². The van der Waals surface area contributed by atoms with Gasteiger partial charge < -0.3 is 0 Å². The monoisotopic (exact) mass is 610 g/mol. The van der Waals surface area contributed by atoms with Crippen molar-refractivity contribution in [3.05, 3.63) is 166 Å². The van der Waals surface area contributed by atoms with Gasteiger partial charge >= 0.3 is 0 Å². The third-order valence-electron chi connectivity index (χ3n) is 10.6. The maximum absolute atomic E-state index is 5.90. The van der Waals surface area contributed by atoms with Crippen molar-refractivity contribution in [1.82, 2.24) is 0 Å². The number of hydrogen-bond donors (Lipinski definition) is 0. The van der Waals surface area contributed by atoms with Crippen molar-refractivity contribution >= 4 is 11.1 Å². The van der Waals surface area contributed by atoms with Crippen LogP contribution in [0.15, 0.2) is 133 Å². The molecule has 0 bridgehead atoms. The highest BCUT2D eigenvalue weighted by Gasteiger charge is 2.30. The van der Waals surface area contributed by atoms with Gasteiger partial charge in [-0.05, 0) is 113 Å². The van der Waals surface area contributed by atoms with Gasteiger partial charge in [0.2, 0.25) is 0 Å². The van der Waals surface area contributed by atoms with E-state index in [-0.39, 0.29) is 0 Å². The van der Waals surface area contributed by atoms with E-state index in [0.29, 0.717) is 23.7 Å². The topological polar surface area (TPSA) is 0 Å². The maximum Gasteiger partial charge on any atom is 0.0318 e. The van der Waals surface area contributed by atoms with Gasteiger partial charge in [0.05, 0.1) is 0 Å². The molecule has 0 radical (unpaired) electrons. The largest absolute Gasteiger partial charge is 0.115 e. The summed E-state index contributed by atoms with van der Waals surface area (Å²) in [4.78, 5) is 0. The first-order valence-electron chi connectivity index (χ1n) is 17.3. The van der Waals surface area contributed by atoms with Crippen molar-refractivity contribution in [3.63, 3.8) is 0 Å². The van der Waals surface area contributed by atoms with Crippen LogP contribution in [0.4, 0.5) is 0 Å².